The summed E-state index contributed by atoms with van der Waals surface area (Å²) in [5.74, 6) is 0.880. The number of methoxy groups -OCH3 is 1. The van der Waals surface area contributed by atoms with E-state index in [-0.39, 0.29) is 0 Å². The lowest BCUT2D eigenvalue weighted by Crippen LogP contribution is -2.32. The molecule has 0 bridgehead atoms. The van der Waals surface area contributed by atoms with Gasteiger partial charge in [-0.05, 0) is 55.0 Å². The summed E-state index contributed by atoms with van der Waals surface area (Å²) in [4.78, 5) is 0. The standard InChI is InChI=1S/C27H25N2O/c1-4-29-26-8-6-5-7-23(26)24-17-19(10-15-27(24)29)9-12-21-13-11-20-18-22(30-3)14-16-25(20)28(21)2/h5-18H,4H2,1-3H3/q+1. The zero-order chi connectivity index (χ0) is 20.7. The molecule has 0 fully saturated rings. The maximum Gasteiger partial charge on any atom is 0.212 e. The minimum absolute atomic E-state index is 0.880. The van der Waals surface area contributed by atoms with E-state index < -0.39 is 0 Å². The number of nitrogens with zero attached hydrogens (tertiary/aromatic N) is 2. The first-order chi connectivity index (χ1) is 14.7. The molecule has 30 heavy (non-hydrogen) atoms. The lowest BCUT2D eigenvalue weighted by Gasteiger charge is -2.04. The van der Waals surface area contributed by atoms with Crippen molar-refractivity contribution in [3.63, 3.8) is 0 Å². The molecular weight excluding hydrogens is 368 g/mol. The Bertz CT molecular complexity index is 1430. The Morgan fingerprint density at radius 3 is 2.53 bits per heavy atom. The smallest absolute Gasteiger partial charge is 0.212 e. The van der Waals surface area contributed by atoms with Gasteiger partial charge < -0.3 is 9.30 Å². The van der Waals surface area contributed by atoms with E-state index in [4.69, 9.17) is 4.74 Å². The highest BCUT2D eigenvalue weighted by Gasteiger charge is 2.11. The van der Waals surface area contributed by atoms with Crippen LogP contribution in [0.15, 0.2) is 72.8 Å². The van der Waals surface area contributed by atoms with Gasteiger partial charge in [-0.15, -0.1) is 0 Å². The summed E-state index contributed by atoms with van der Waals surface area (Å²) in [6.07, 6.45) is 4.38. The Morgan fingerprint density at radius 1 is 0.867 bits per heavy atom. The number of hydrogen-bond acceptors (Lipinski definition) is 1. The van der Waals surface area contributed by atoms with Gasteiger partial charge in [0.25, 0.3) is 0 Å². The molecule has 0 spiro atoms. The molecule has 3 aromatic carbocycles. The van der Waals surface area contributed by atoms with E-state index in [1.165, 1.54) is 38.3 Å². The second-order valence-corrected chi connectivity index (χ2v) is 7.61. The fraction of sp³-hybridized carbons (Fsp3) is 0.148. The zero-order valence-electron chi connectivity index (χ0n) is 17.6. The number of benzene rings is 3. The number of rotatable bonds is 4. The van der Waals surface area contributed by atoms with Gasteiger partial charge in [0.1, 0.15) is 12.8 Å². The third-order valence-electron chi connectivity index (χ3n) is 5.98. The number of aryl methyl sites for hydroxylation is 2. The number of ether oxygens (including phenoxy) is 1. The topological polar surface area (TPSA) is 18.0 Å². The molecule has 2 heterocycles. The highest BCUT2D eigenvalue weighted by Crippen LogP contribution is 2.30. The summed E-state index contributed by atoms with van der Waals surface area (Å²) in [6, 6.07) is 25.9. The van der Waals surface area contributed by atoms with Gasteiger partial charge in [-0.3, -0.25) is 0 Å². The van der Waals surface area contributed by atoms with Gasteiger partial charge in [0.05, 0.1) is 12.5 Å². The summed E-state index contributed by atoms with van der Waals surface area (Å²) in [7, 11) is 3.81. The van der Waals surface area contributed by atoms with Crippen LogP contribution in [0.3, 0.4) is 0 Å². The van der Waals surface area contributed by atoms with E-state index in [0.717, 1.165) is 18.0 Å². The molecule has 0 N–H and O–H groups in total. The lowest BCUT2D eigenvalue weighted by atomic mass is 10.1. The molecule has 2 aromatic heterocycles. The molecule has 0 amide bonds. The molecule has 0 aliphatic rings. The van der Waals surface area contributed by atoms with E-state index in [1.54, 1.807) is 7.11 Å². The number of aromatic nitrogens is 2. The molecule has 0 radical (unpaired) electrons. The molecule has 0 aliphatic carbocycles. The summed E-state index contributed by atoms with van der Waals surface area (Å²) in [5, 5.41) is 3.79. The molecule has 3 heteroatoms. The summed E-state index contributed by atoms with van der Waals surface area (Å²) >= 11 is 0. The van der Waals surface area contributed by atoms with Crippen LogP contribution >= 0.6 is 0 Å². The van der Waals surface area contributed by atoms with Crippen LogP contribution in [0.4, 0.5) is 0 Å². The van der Waals surface area contributed by atoms with Crippen LogP contribution in [0.2, 0.25) is 0 Å². The second kappa shape index (κ2) is 7.34. The quantitative estimate of drug-likeness (QED) is 0.344. The first kappa shape index (κ1) is 18.4. The van der Waals surface area contributed by atoms with Crippen molar-refractivity contribution < 1.29 is 9.30 Å². The van der Waals surface area contributed by atoms with Crippen LogP contribution in [0.5, 0.6) is 5.75 Å². The number of pyridine rings is 1. The fourth-order valence-corrected chi connectivity index (χ4v) is 4.39. The van der Waals surface area contributed by atoms with Crippen molar-refractivity contribution in [3.8, 4) is 5.75 Å². The van der Waals surface area contributed by atoms with Crippen molar-refractivity contribution in [1.82, 2.24) is 4.57 Å². The Hall–Kier alpha value is -3.59. The van der Waals surface area contributed by atoms with E-state index >= 15 is 0 Å². The largest absolute Gasteiger partial charge is 0.497 e. The molecule has 0 aliphatic heterocycles. The minimum atomic E-state index is 0.880. The van der Waals surface area contributed by atoms with Gasteiger partial charge in [0, 0.05) is 46.6 Å². The highest BCUT2D eigenvalue weighted by molar-refractivity contribution is 6.08. The molecule has 5 aromatic rings. The maximum absolute atomic E-state index is 5.35. The normalized spacial score (nSPS) is 11.8. The van der Waals surface area contributed by atoms with Crippen LogP contribution in [-0.4, -0.2) is 11.7 Å². The SMILES string of the molecule is CCn1c2ccccc2c2cc(C=Cc3ccc4cc(OC)ccc4[n+]3C)ccc21. The minimum Gasteiger partial charge on any atom is -0.497 e. The Morgan fingerprint density at radius 2 is 1.70 bits per heavy atom. The van der Waals surface area contributed by atoms with Gasteiger partial charge in [-0.2, -0.15) is 4.57 Å². The fourth-order valence-electron chi connectivity index (χ4n) is 4.39. The van der Waals surface area contributed by atoms with Crippen molar-refractivity contribution in [3.05, 3.63) is 84.1 Å². The summed E-state index contributed by atoms with van der Waals surface area (Å²) < 4.78 is 9.95. The average molecular weight is 394 g/mol. The van der Waals surface area contributed by atoms with Crippen molar-refractivity contribution >= 4 is 44.9 Å². The summed E-state index contributed by atoms with van der Waals surface area (Å²) in [6.45, 7) is 3.17. The molecule has 3 nitrogen and oxygen atoms in total. The van der Waals surface area contributed by atoms with Crippen molar-refractivity contribution in [1.29, 1.82) is 0 Å². The Labute approximate surface area is 176 Å². The molecular formula is C27H25N2O+. The van der Waals surface area contributed by atoms with Crippen LogP contribution < -0.4 is 9.30 Å². The van der Waals surface area contributed by atoms with Crippen LogP contribution in [0.25, 0.3) is 44.9 Å². The van der Waals surface area contributed by atoms with Gasteiger partial charge >= 0.3 is 0 Å². The van der Waals surface area contributed by atoms with Crippen LogP contribution in [-0.2, 0) is 13.6 Å². The van der Waals surface area contributed by atoms with Crippen molar-refractivity contribution in [2.24, 2.45) is 7.05 Å². The van der Waals surface area contributed by atoms with Gasteiger partial charge in [-0.25, -0.2) is 0 Å². The van der Waals surface area contributed by atoms with Gasteiger partial charge in [-0.1, -0.05) is 24.3 Å². The molecule has 0 atom stereocenters. The van der Waals surface area contributed by atoms with Gasteiger partial charge in [0.2, 0.25) is 11.2 Å². The number of para-hydroxylation sites is 1. The zero-order valence-corrected chi connectivity index (χ0v) is 17.6. The van der Waals surface area contributed by atoms with Gasteiger partial charge in [0.15, 0.2) is 0 Å². The van der Waals surface area contributed by atoms with Crippen molar-refractivity contribution in [2.45, 2.75) is 13.5 Å². The average Bonchev–Trinajstić information content (AvgIpc) is 3.11. The third kappa shape index (κ3) is 2.94. The van der Waals surface area contributed by atoms with Crippen molar-refractivity contribution in [2.75, 3.05) is 7.11 Å². The molecule has 5 rings (SSSR count). The Balaban J connectivity index is 1.57. The maximum atomic E-state index is 5.35. The first-order valence-electron chi connectivity index (χ1n) is 10.4. The predicted molar refractivity (Wildman–Crippen MR) is 126 cm³/mol. The number of fused-ring (bicyclic) bond motifs is 4. The molecule has 148 valence electrons. The highest BCUT2D eigenvalue weighted by atomic mass is 16.5. The lowest BCUT2D eigenvalue weighted by molar-refractivity contribution is -0.646. The third-order valence-corrected chi connectivity index (χ3v) is 5.98. The molecule has 0 unspecified atom stereocenters. The predicted octanol–water partition coefficient (Wildman–Crippen LogP) is 5.97. The molecule has 0 saturated carbocycles. The van der Waals surface area contributed by atoms with E-state index in [9.17, 15) is 0 Å². The first-order valence-corrected chi connectivity index (χ1v) is 10.4. The van der Waals surface area contributed by atoms with E-state index in [1.807, 2.05) is 6.07 Å². The van der Waals surface area contributed by atoms with Crippen LogP contribution in [0.1, 0.15) is 18.2 Å². The monoisotopic (exact) mass is 393 g/mol. The van der Waals surface area contributed by atoms with E-state index in [2.05, 4.69) is 102 Å². The second-order valence-electron chi connectivity index (χ2n) is 7.61. The Kier molecular flexibility index (Phi) is 4.51. The van der Waals surface area contributed by atoms with Crippen LogP contribution in [0, 0.1) is 0 Å². The number of hydrogen-bond donors (Lipinski definition) is 0. The molecule has 0 saturated heterocycles. The van der Waals surface area contributed by atoms with E-state index in [0.29, 0.717) is 0 Å². The summed E-state index contributed by atoms with van der Waals surface area (Å²) in [5.41, 5.74) is 6.13.